The molecular formula is C25H20F3N7O2. The predicted octanol–water partition coefficient (Wildman–Crippen LogP) is 4.44. The standard InChI is InChI=1S/C25H20F3N7O2/c1-35(2)18-12-15(25(26,27)28)13-29-20(18)23-33-34-24(37-23)32-21-22(36)30-17-11-7-6-10-16(17)19(31-21)14-8-4-3-5-9-14/h3-13,21H,1-2H3,(H,30,36)(H,32,34)/t21-/m1/s1. The number of alkyl halides is 3. The number of aliphatic imine (C=N–C) groups is 1. The molecule has 1 aliphatic rings. The number of nitrogens with zero attached hydrogens (tertiary/aromatic N) is 5. The first-order valence-corrected chi connectivity index (χ1v) is 11.1. The molecule has 0 unspecified atom stereocenters. The number of amides is 1. The number of carbonyl (C=O) groups excluding carboxylic acids is 1. The van der Waals surface area contributed by atoms with Gasteiger partial charge in [-0.1, -0.05) is 53.6 Å². The van der Waals surface area contributed by atoms with E-state index in [4.69, 9.17) is 4.42 Å². The second-order valence-electron chi connectivity index (χ2n) is 8.32. The van der Waals surface area contributed by atoms with Gasteiger partial charge in [0.05, 0.1) is 22.6 Å². The summed E-state index contributed by atoms with van der Waals surface area (Å²) in [5, 5.41) is 13.5. The van der Waals surface area contributed by atoms with E-state index in [0.717, 1.165) is 17.2 Å². The molecule has 0 radical (unpaired) electrons. The number of benzodiazepines with no additional fused rings is 1. The fourth-order valence-corrected chi connectivity index (χ4v) is 3.79. The third kappa shape index (κ3) is 4.85. The minimum Gasteiger partial charge on any atom is -0.402 e. The van der Waals surface area contributed by atoms with Crippen molar-refractivity contribution in [2.24, 2.45) is 4.99 Å². The van der Waals surface area contributed by atoms with Crippen LogP contribution in [0, 0.1) is 0 Å². The summed E-state index contributed by atoms with van der Waals surface area (Å²) in [6, 6.07) is 17.5. The zero-order chi connectivity index (χ0) is 26.2. The van der Waals surface area contributed by atoms with Crippen molar-refractivity contribution < 1.29 is 22.4 Å². The summed E-state index contributed by atoms with van der Waals surface area (Å²) in [5.41, 5.74) is 1.99. The molecular weight excluding hydrogens is 487 g/mol. The van der Waals surface area contributed by atoms with Gasteiger partial charge in [0.15, 0.2) is 5.69 Å². The van der Waals surface area contributed by atoms with Crippen molar-refractivity contribution in [3.8, 4) is 11.6 Å². The van der Waals surface area contributed by atoms with Crippen LogP contribution in [0.4, 0.5) is 30.6 Å². The number of rotatable bonds is 5. The highest BCUT2D eigenvalue weighted by atomic mass is 19.4. The number of anilines is 3. The van der Waals surface area contributed by atoms with Gasteiger partial charge in [-0.05, 0) is 12.1 Å². The van der Waals surface area contributed by atoms with Crippen LogP contribution in [0.5, 0.6) is 0 Å². The maximum absolute atomic E-state index is 13.2. The Labute approximate surface area is 209 Å². The first-order chi connectivity index (χ1) is 17.7. The smallest absolute Gasteiger partial charge is 0.402 e. The summed E-state index contributed by atoms with van der Waals surface area (Å²) < 4.78 is 45.2. The van der Waals surface area contributed by atoms with E-state index in [9.17, 15) is 18.0 Å². The first kappa shape index (κ1) is 24.0. The van der Waals surface area contributed by atoms with E-state index in [1.165, 1.54) is 4.90 Å². The Morgan fingerprint density at radius 3 is 2.49 bits per heavy atom. The van der Waals surface area contributed by atoms with Crippen LogP contribution in [-0.2, 0) is 11.0 Å². The van der Waals surface area contributed by atoms with E-state index >= 15 is 0 Å². The Kier molecular flexibility index (Phi) is 6.07. The molecule has 4 aromatic rings. The van der Waals surface area contributed by atoms with Gasteiger partial charge in [-0.3, -0.25) is 4.79 Å². The van der Waals surface area contributed by atoms with E-state index in [1.54, 1.807) is 26.2 Å². The summed E-state index contributed by atoms with van der Waals surface area (Å²) in [4.78, 5) is 23.0. The van der Waals surface area contributed by atoms with E-state index < -0.39 is 23.8 Å². The Balaban J connectivity index is 1.49. The van der Waals surface area contributed by atoms with Gasteiger partial charge in [0.1, 0.15) is 0 Å². The van der Waals surface area contributed by atoms with Crippen LogP contribution in [0.1, 0.15) is 16.7 Å². The minimum absolute atomic E-state index is 0.0600. The lowest BCUT2D eigenvalue weighted by molar-refractivity contribution is -0.137. The van der Waals surface area contributed by atoms with Crippen LogP contribution < -0.4 is 15.5 Å². The molecule has 2 aromatic carbocycles. The molecule has 37 heavy (non-hydrogen) atoms. The van der Waals surface area contributed by atoms with Crippen molar-refractivity contribution >= 4 is 29.0 Å². The molecule has 5 rings (SSSR count). The van der Waals surface area contributed by atoms with Crippen LogP contribution in [0.3, 0.4) is 0 Å². The lowest BCUT2D eigenvalue weighted by Crippen LogP contribution is -2.32. The second kappa shape index (κ2) is 9.37. The highest BCUT2D eigenvalue weighted by Crippen LogP contribution is 2.35. The fourth-order valence-electron chi connectivity index (χ4n) is 3.79. The normalized spacial score (nSPS) is 15.3. The molecule has 3 heterocycles. The van der Waals surface area contributed by atoms with Crippen LogP contribution >= 0.6 is 0 Å². The molecule has 0 bridgehead atoms. The lowest BCUT2D eigenvalue weighted by Gasteiger charge is -2.17. The number of hydrogen-bond acceptors (Lipinski definition) is 8. The maximum Gasteiger partial charge on any atom is 0.417 e. The fraction of sp³-hybridized carbons (Fsp3) is 0.160. The molecule has 1 amide bonds. The average molecular weight is 507 g/mol. The summed E-state index contributed by atoms with van der Waals surface area (Å²) in [7, 11) is 3.15. The Bertz CT molecular complexity index is 1480. The lowest BCUT2D eigenvalue weighted by atomic mass is 10.0. The van der Waals surface area contributed by atoms with Crippen molar-refractivity contribution in [2.75, 3.05) is 29.6 Å². The molecule has 0 saturated carbocycles. The first-order valence-electron chi connectivity index (χ1n) is 11.1. The number of para-hydroxylation sites is 1. The molecule has 1 atom stereocenters. The van der Waals surface area contributed by atoms with E-state index in [0.29, 0.717) is 17.6 Å². The molecule has 2 aromatic heterocycles. The third-order valence-electron chi connectivity index (χ3n) is 5.56. The number of benzene rings is 2. The molecule has 0 spiro atoms. The van der Waals surface area contributed by atoms with E-state index in [2.05, 4.69) is 30.8 Å². The highest BCUT2D eigenvalue weighted by Gasteiger charge is 2.33. The van der Waals surface area contributed by atoms with Crippen LogP contribution in [-0.4, -0.2) is 47.1 Å². The van der Waals surface area contributed by atoms with Gasteiger partial charge >= 0.3 is 12.2 Å². The summed E-state index contributed by atoms with van der Waals surface area (Å²) in [5.74, 6) is -0.579. The van der Waals surface area contributed by atoms with Gasteiger partial charge in [-0.2, -0.15) is 13.2 Å². The molecule has 9 nitrogen and oxygen atoms in total. The van der Waals surface area contributed by atoms with Gasteiger partial charge < -0.3 is 20.0 Å². The minimum atomic E-state index is -4.56. The molecule has 12 heteroatoms. The van der Waals surface area contributed by atoms with Crippen LogP contribution in [0.2, 0.25) is 0 Å². The largest absolute Gasteiger partial charge is 0.417 e. The zero-order valence-electron chi connectivity index (χ0n) is 19.6. The van der Waals surface area contributed by atoms with Crippen molar-refractivity contribution in [1.29, 1.82) is 0 Å². The Morgan fingerprint density at radius 1 is 1.03 bits per heavy atom. The summed E-state index contributed by atoms with van der Waals surface area (Å²) in [6.07, 6.45) is -4.99. The molecule has 2 N–H and O–H groups in total. The van der Waals surface area contributed by atoms with Gasteiger partial charge in [0, 0.05) is 31.4 Å². The number of halogens is 3. The van der Waals surface area contributed by atoms with Gasteiger partial charge in [-0.15, -0.1) is 5.10 Å². The molecule has 1 aliphatic heterocycles. The van der Waals surface area contributed by atoms with Gasteiger partial charge in [-0.25, -0.2) is 9.98 Å². The zero-order valence-corrected chi connectivity index (χ0v) is 19.6. The average Bonchev–Trinajstić information content (AvgIpc) is 3.29. The number of hydrogen-bond donors (Lipinski definition) is 2. The molecule has 0 fully saturated rings. The number of nitrogens with one attached hydrogen (secondary N) is 2. The SMILES string of the molecule is CN(C)c1cc(C(F)(F)F)cnc1-c1nnc(N[C@H]2N=C(c3ccccc3)c3ccccc3NC2=O)o1. The van der Waals surface area contributed by atoms with Crippen LogP contribution in [0.25, 0.3) is 11.6 Å². The predicted molar refractivity (Wildman–Crippen MR) is 131 cm³/mol. The van der Waals surface area contributed by atoms with Crippen molar-refractivity contribution in [3.05, 3.63) is 83.6 Å². The molecule has 0 aliphatic carbocycles. The molecule has 0 saturated heterocycles. The topological polar surface area (TPSA) is 109 Å². The maximum atomic E-state index is 13.2. The van der Waals surface area contributed by atoms with Crippen molar-refractivity contribution in [3.63, 3.8) is 0 Å². The van der Waals surface area contributed by atoms with Crippen LogP contribution in [0.15, 0.2) is 76.3 Å². The van der Waals surface area contributed by atoms with Crippen molar-refractivity contribution in [1.82, 2.24) is 15.2 Å². The quantitative estimate of drug-likeness (QED) is 0.411. The van der Waals surface area contributed by atoms with Gasteiger partial charge in [0.2, 0.25) is 6.17 Å². The number of fused-ring (bicyclic) bond motifs is 1. The summed E-state index contributed by atoms with van der Waals surface area (Å²) in [6.45, 7) is 0. The number of pyridine rings is 1. The highest BCUT2D eigenvalue weighted by molar-refractivity contribution is 6.19. The third-order valence-corrected chi connectivity index (χ3v) is 5.56. The van der Waals surface area contributed by atoms with E-state index in [-0.39, 0.29) is 23.3 Å². The number of carbonyl (C=O) groups is 1. The monoisotopic (exact) mass is 507 g/mol. The second-order valence-corrected chi connectivity index (χ2v) is 8.32. The number of aromatic nitrogens is 3. The van der Waals surface area contributed by atoms with Gasteiger partial charge in [0.25, 0.3) is 11.8 Å². The van der Waals surface area contributed by atoms with Crippen molar-refractivity contribution in [2.45, 2.75) is 12.3 Å². The molecule has 188 valence electrons. The summed E-state index contributed by atoms with van der Waals surface area (Å²) >= 11 is 0. The Morgan fingerprint density at radius 2 is 1.76 bits per heavy atom. The van der Waals surface area contributed by atoms with E-state index in [1.807, 2.05) is 42.5 Å². The Hall–Kier alpha value is -4.74.